The molecule has 1 N–H and O–H groups in total. The number of nitrogens with zero attached hydrogens (tertiary/aromatic N) is 1. The molecule has 0 heterocycles. The number of hydrogen-bond donors (Lipinski definition) is 1. The predicted octanol–water partition coefficient (Wildman–Crippen LogP) is 3.92. The average Bonchev–Trinajstić information content (AvgIpc) is 2.18. The second-order valence-electron chi connectivity index (χ2n) is 4.16. The average molecular weight is 267 g/mol. The largest absolute Gasteiger partial charge is 0.379 e. The molecule has 15 heavy (non-hydrogen) atoms. The van der Waals surface area contributed by atoms with Crippen LogP contribution in [0.15, 0.2) is 22.7 Å². The maximum absolute atomic E-state index is 8.97. The summed E-state index contributed by atoms with van der Waals surface area (Å²) < 4.78 is 0.982. The third kappa shape index (κ3) is 3.24. The minimum absolute atomic E-state index is 0.00634. The minimum Gasteiger partial charge on any atom is -0.379 e. The molecule has 0 bridgehead atoms. The van der Waals surface area contributed by atoms with Crippen molar-refractivity contribution in [3.05, 3.63) is 28.2 Å². The lowest BCUT2D eigenvalue weighted by Gasteiger charge is -2.26. The molecule has 0 aliphatic rings. The first-order valence-corrected chi connectivity index (χ1v) is 5.75. The highest BCUT2D eigenvalue weighted by Crippen LogP contribution is 2.25. The summed E-state index contributed by atoms with van der Waals surface area (Å²) in [7, 11) is 0. The summed E-state index contributed by atoms with van der Waals surface area (Å²) >= 11 is 3.41. The molecule has 0 radical (unpaired) electrons. The predicted molar refractivity (Wildman–Crippen MR) is 66.8 cm³/mol. The molecular formula is C12H15BrN2. The summed E-state index contributed by atoms with van der Waals surface area (Å²) in [6, 6.07) is 7.82. The fraction of sp³-hybridized carbons (Fsp3) is 0.417. The number of hydrogen-bond acceptors (Lipinski definition) is 2. The lowest BCUT2D eigenvalue weighted by atomic mass is 10.0. The Morgan fingerprint density at radius 3 is 2.67 bits per heavy atom. The van der Waals surface area contributed by atoms with Gasteiger partial charge in [0.15, 0.2) is 0 Å². The highest BCUT2D eigenvalue weighted by molar-refractivity contribution is 9.10. The maximum atomic E-state index is 8.97. The van der Waals surface area contributed by atoms with E-state index in [-0.39, 0.29) is 5.54 Å². The summed E-state index contributed by atoms with van der Waals surface area (Å²) in [5.41, 5.74) is 1.57. The smallest absolute Gasteiger partial charge is 0.101 e. The van der Waals surface area contributed by atoms with Crippen molar-refractivity contribution < 1.29 is 0 Å². The molecule has 0 amide bonds. The molecule has 0 unspecified atom stereocenters. The van der Waals surface area contributed by atoms with E-state index in [9.17, 15) is 0 Å². The second kappa shape index (κ2) is 4.67. The quantitative estimate of drug-likeness (QED) is 0.900. The van der Waals surface area contributed by atoms with Gasteiger partial charge in [-0.3, -0.25) is 0 Å². The van der Waals surface area contributed by atoms with E-state index in [2.05, 4.69) is 48.1 Å². The zero-order valence-corrected chi connectivity index (χ0v) is 10.9. The first-order valence-electron chi connectivity index (χ1n) is 4.96. The van der Waals surface area contributed by atoms with Crippen LogP contribution < -0.4 is 5.32 Å². The molecule has 1 aromatic rings. The van der Waals surface area contributed by atoms with Crippen molar-refractivity contribution in [2.75, 3.05) is 5.32 Å². The first-order chi connectivity index (χ1) is 6.98. The summed E-state index contributed by atoms with van der Waals surface area (Å²) in [5, 5.41) is 12.3. The van der Waals surface area contributed by atoms with Crippen molar-refractivity contribution in [3.63, 3.8) is 0 Å². The number of nitriles is 1. The van der Waals surface area contributed by atoms with E-state index >= 15 is 0 Å². The molecule has 3 heteroatoms. The fourth-order valence-corrected chi connectivity index (χ4v) is 1.53. The Morgan fingerprint density at radius 1 is 1.47 bits per heavy atom. The Bertz CT molecular complexity index is 391. The van der Waals surface area contributed by atoms with Crippen molar-refractivity contribution in [1.82, 2.24) is 0 Å². The van der Waals surface area contributed by atoms with Gasteiger partial charge in [-0.1, -0.05) is 22.9 Å². The van der Waals surface area contributed by atoms with Crippen LogP contribution in [0.4, 0.5) is 5.69 Å². The molecule has 2 nitrogen and oxygen atoms in total. The Morgan fingerprint density at radius 2 is 2.13 bits per heavy atom. The van der Waals surface area contributed by atoms with Crippen LogP contribution in [0, 0.1) is 11.3 Å². The Kier molecular flexibility index (Phi) is 3.76. The zero-order chi connectivity index (χ0) is 11.5. The minimum atomic E-state index is 0.00634. The Labute approximate surface area is 99.4 Å². The van der Waals surface area contributed by atoms with E-state index in [1.165, 1.54) is 0 Å². The molecule has 0 aliphatic carbocycles. The molecule has 0 fully saturated rings. The maximum Gasteiger partial charge on any atom is 0.101 e. The number of nitrogens with one attached hydrogen (secondary N) is 1. The lowest BCUT2D eigenvalue weighted by Crippen LogP contribution is -2.30. The van der Waals surface area contributed by atoms with Gasteiger partial charge in [0.25, 0.3) is 0 Å². The SMILES string of the molecule is CCC(C)(C)Nc1cc(Br)ccc1C#N. The molecule has 80 valence electrons. The lowest BCUT2D eigenvalue weighted by molar-refractivity contribution is 0.547. The van der Waals surface area contributed by atoms with Crippen molar-refractivity contribution in [2.24, 2.45) is 0 Å². The molecular weight excluding hydrogens is 252 g/mol. The third-order valence-electron chi connectivity index (χ3n) is 2.46. The monoisotopic (exact) mass is 266 g/mol. The first kappa shape index (κ1) is 12.1. The van der Waals surface area contributed by atoms with Crippen LogP contribution in [0.25, 0.3) is 0 Å². The molecule has 0 aliphatic heterocycles. The number of benzene rings is 1. The molecule has 1 rings (SSSR count). The van der Waals surface area contributed by atoms with Gasteiger partial charge in [0.05, 0.1) is 11.3 Å². The molecule has 0 atom stereocenters. The number of anilines is 1. The van der Waals surface area contributed by atoms with Crippen molar-refractivity contribution >= 4 is 21.6 Å². The highest BCUT2D eigenvalue weighted by atomic mass is 79.9. The number of rotatable bonds is 3. The van der Waals surface area contributed by atoms with Crippen LogP contribution in [-0.4, -0.2) is 5.54 Å². The van der Waals surface area contributed by atoms with Crippen molar-refractivity contribution in [2.45, 2.75) is 32.7 Å². The van der Waals surface area contributed by atoms with Gasteiger partial charge in [-0.15, -0.1) is 0 Å². The van der Waals surface area contributed by atoms with Gasteiger partial charge in [0, 0.05) is 10.0 Å². The standard InChI is InChI=1S/C12H15BrN2/c1-4-12(2,3)15-11-7-10(13)6-5-9(11)8-14/h5-7,15H,4H2,1-3H3. The van der Waals surface area contributed by atoms with Gasteiger partial charge >= 0.3 is 0 Å². The Balaban J connectivity index is 3.04. The van der Waals surface area contributed by atoms with E-state index in [4.69, 9.17) is 5.26 Å². The fourth-order valence-electron chi connectivity index (χ4n) is 1.17. The van der Waals surface area contributed by atoms with Crippen LogP contribution >= 0.6 is 15.9 Å². The second-order valence-corrected chi connectivity index (χ2v) is 5.08. The zero-order valence-electron chi connectivity index (χ0n) is 9.26. The summed E-state index contributed by atoms with van der Waals surface area (Å²) in [4.78, 5) is 0. The van der Waals surface area contributed by atoms with Gasteiger partial charge < -0.3 is 5.32 Å². The van der Waals surface area contributed by atoms with Crippen LogP contribution in [0.3, 0.4) is 0 Å². The molecule has 0 aromatic heterocycles. The van der Waals surface area contributed by atoms with Gasteiger partial charge in [-0.25, -0.2) is 0 Å². The van der Waals surface area contributed by atoms with Gasteiger partial charge in [0.2, 0.25) is 0 Å². The van der Waals surface area contributed by atoms with Crippen LogP contribution in [0.1, 0.15) is 32.8 Å². The molecule has 0 saturated carbocycles. The van der Waals surface area contributed by atoms with Crippen LogP contribution in [0.5, 0.6) is 0 Å². The van der Waals surface area contributed by atoms with Crippen LogP contribution in [0.2, 0.25) is 0 Å². The van der Waals surface area contributed by atoms with Gasteiger partial charge in [-0.2, -0.15) is 5.26 Å². The molecule has 1 aromatic carbocycles. The Hall–Kier alpha value is -1.01. The summed E-state index contributed by atoms with van der Waals surface area (Å²) in [6.45, 7) is 6.36. The normalized spacial score (nSPS) is 10.9. The van der Waals surface area contributed by atoms with E-state index in [1.54, 1.807) is 0 Å². The highest BCUT2D eigenvalue weighted by Gasteiger charge is 2.16. The topological polar surface area (TPSA) is 35.8 Å². The molecule has 0 saturated heterocycles. The van der Waals surface area contributed by atoms with Gasteiger partial charge in [-0.05, 0) is 38.5 Å². The third-order valence-corrected chi connectivity index (χ3v) is 2.95. The summed E-state index contributed by atoms with van der Waals surface area (Å²) in [5.74, 6) is 0. The van der Waals surface area contributed by atoms with Crippen molar-refractivity contribution in [1.29, 1.82) is 5.26 Å². The van der Waals surface area contributed by atoms with E-state index in [0.717, 1.165) is 16.6 Å². The van der Waals surface area contributed by atoms with E-state index < -0.39 is 0 Å². The number of halogens is 1. The van der Waals surface area contributed by atoms with E-state index in [0.29, 0.717) is 5.56 Å². The molecule has 0 spiro atoms. The van der Waals surface area contributed by atoms with E-state index in [1.807, 2.05) is 18.2 Å². The van der Waals surface area contributed by atoms with Crippen LogP contribution in [-0.2, 0) is 0 Å². The summed E-state index contributed by atoms with van der Waals surface area (Å²) in [6.07, 6.45) is 1.00. The van der Waals surface area contributed by atoms with Gasteiger partial charge in [0.1, 0.15) is 6.07 Å². The van der Waals surface area contributed by atoms with Crippen molar-refractivity contribution in [3.8, 4) is 6.07 Å².